The molecule has 1 N–H and O–H groups in total. The van der Waals surface area contributed by atoms with Gasteiger partial charge in [-0.1, -0.05) is 0 Å². The van der Waals surface area contributed by atoms with E-state index in [0.29, 0.717) is 5.76 Å². The molecule has 0 aliphatic carbocycles. The molecule has 1 amide bonds. The van der Waals surface area contributed by atoms with Crippen molar-refractivity contribution in [3.05, 3.63) is 54.0 Å². The zero-order chi connectivity index (χ0) is 12.3. The van der Waals surface area contributed by atoms with Gasteiger partial charge in [0.1, 0.15) is 17.4 Å². The number of furan rings is 1. The van der Waals surface area contributed by atoms with Crippen molar-refractivity contribution >= 4 is 11.6 Å². The van der Waals surface area contributed by atoms with Gasteiger partial charge in [0.25, 0.3) is 0 Å². The number of carbonyl (C=O) groups excluding carboxylic acids is 1. The third kappa shape index (κ3) is 2.90. The lowest BCUT2D eigenvalue weighted by Crippen LogP contribution is -2.15. The molecule has 1 aromatic heterocycles. The Morgan fingerprint density at radius 2 is 2.12 bits per heavy atom. The summed E-state index contributed by atoms with van der Waals surface area (Å²) < 4.78 is 31.0. The van der Waals surface area contributed by atoms with E-state index >= 15 is 0 Å². The van der Waals surface area contributed by atoms with E-state index < -0.39 is 17.5 Å². The fraction of sp³-hybridized carbons (Fsp3) is 0.0833. The maximum atomic E-state index is 13.2. The Morgan fingerprint density at radius 1 is 1.29 bits per heavy atom. The molecule has 3 nitrogen and oxygen atoms in total. The van der Waals surface area contributed by atoms with Crippen LogP contribution in [0.2, 0.25) is 0 Å². The largest absolute Gasteiger partial charge is 0.469 e. The molecular formula is C12H9F2NO2. The molecule has 17 heavy (non-hydrogen) atoms. The molecule has 0 radical (unpaired) electrons. The molecule has 88 valence electrons. The van der Waals surface area contributed by atoms with Gasteiger partial charge < -0.3 is 9.73 Å². The highest BCUT2D eigenvalue weighted by molar-refractivity contribution is 5.92. The van der Waals surface area contributed by atoms with Gasteiger partial charge in [-0.15, -0.1) is 0 Å². The van der Waals surface area contributed by atoms with Gasteiger partial charge in [-0.3, -0.25) is 4.79 Å². The number of hydrogen-bond donors (Lipinski definition) is 1. The van der Waals surface area contributed by atoms with Gasteiger partial charge >= 0.3 is 0 Å². The molecule has 0 bridgehead atoms. The van der Waals surface area contributed by atoms with Crippen LogP contribution in [0.15, 0.2) is 41.0 Å². The third-order valence-corrected chi connectivity index (χ3v) is 2.12. The summed E-state index contributed by atoms with van der Waals surface area (Å²) in [5, 5.41) is 2.28. The summed E-state index contributed by atoms with van der Waals surface area (Å²) in [6.45, 7) is 0. The molecule has 0 aliphatic heterocycles. The van der Waals surface area contributed by atoms with Gasteiger partial charge in [-0.2, -0.15) is 0 Å². The van der Waals surface area contributed by atoms with Crippen molar-refractivity contribution in [1.82, 2.24) is 0 Å². The first kappa shape index (κ1) is 11.3. The van der Waals surface area contributed by atoms with E-state index in [1.54, 1.807) is 12.1 Å². The van der Waals surface area contributed by atoms with Crippen LogP contribution in [0, 0.1) is 11.6 Å². The lowest BCUT2D eigenvalue weighted by Gasteiger charge is -2.05. The average Bonchev–Trinajstić information content (AvgIpc) is 2.76. The second-order valence-electron chi connectivity index (χ2n) is 3.43. The number of rotatable bonds is 3. The molecule has 2 rings (SSSR count). The van der Waals surface area contributed by atoms with Gasteiger partial charge in [-0.05, 0) is 24.3 Å². The van der Waals surface area contributed by atoms with Gasteiger partial charge in [0.2, 0.25) is 5.91 Å². The Balaban J connectivity index is 2.05. The van der Waals surface area contributed by atoms with Gasteiger partial charge in [0.15, 0.2) is 0 Å². The van der Waals surface area contributed by atoms with Crippen molar-refractivity contribution in [2.75, 3.05) is 5.32 Å². The Kier molecular flexibility index (Phi) is 3.18. The zero-order valence-corrected chi connectivity index (χ0v) is 8.74. The lowest BCUT2D eigenvalue weighted by atomic mass is 10.2. The summed E-state index contributed by atoms with van der Waals surface area (Å²) in [5.74, 6) is -1.30. The maximum Gasteiger partial charge on any atom is 0.232 e. The molecule has 0 aliphatic rings. The first-order chi connectivity index (χ1) is 8.15. The van der Waals surface area contributed by atoms with Gasteiger partial charge in [0.05, 0.1) is 18.4 Å². The highest BCUT2D eigenvalue weighted by atomic mass is 19.1. The monoisotopic (exact) mass is 237 g/mol. The van der Waals surface area contributed by atoms with Crippen LogP contribution in [-0.2, 0) is 11.2 Å². The number of benzene rings is 1. The molecule has 0 spiro atoms. The summed E-state index contributed by atoms with van der Waals surface area (Å²) in [5.41, 5.74) is -0.179. The summed E-state index contributed by atoms with van der Waals surface area (Å²) in [6, 6.07) is 6.14. The van der Waals surface area contributed by atoms with Crippen LogP contribution >= 0.6 is 0 Å². The van der Waals surface area contributed by atoms with Crippen LogP contribution in [0.3, 0.4) is 0 Å². The van der Waals surface area contributed by atoms with E-state index in [4.69, 9.17) is 4.42 Å². The van der Waals surface area contributed by atoms with E-state index in [1.807, 2.05) is 0 Å². The van der Waals surface area contributed by atoms with E-state index in [2.05, 4.69) is 5.32 Å². The number of carbonyl (C=O) groups is 1. The molecule has 0 saturated carbocycles. The topological polar surface area (TPSA) is 42.2 Å². The Hall–Kier alpha value is -2.17. The molecule has 2 aromatic rings. The van der Waals surface area contributed by atoms with Crippen molar-refractivity contribution in [2.24, 2.45) is 0 Å². The number of anilines is 1. The average molecular weight is 237 g/mol. The maximum absolute atomic E-state index is 13.2. The van der Waals surface area contributed by atoms with Crippen molar-refractivity contribution in [2.45, 2.75) is 6.42 Å². The smallest absolute Gasteiger partial charge is 0.232 e. The lowest BCUT2D eigenvalue weighted by molar-refractivity contribution is -0.115. The molecule has 0 atom stereocenters. The minimum absolute atomic E-state index is 0.0248. The predicted molar refractivity (Wildman–Crippen MR) is 57.4 cm³/mol. The zero-order valence-electron chi connectivity index (χ0n) is 8.74. The number of nitrogens with one attached hydrogen (secondary N) is 1. The first-order valence-corrected chi connectivity index (χ1v) is 4.92. The molecule has 1 heterocycles. The van der Waals surface area contributed by atoms with Crippen molar-refractivity contribution in [3.63, 3.8) is 0 Å². The number of amides is 1. The van der Waals surface area contributed by atoms with E-state index in [1.165, 1.54) is 6.26 Å². The molecule has 5 heteroatoms. The van der Waals surface area contributed by atoms with Crippen LogP contribution in [0.1, 0.15) is 5.76 Å². The fourth-order valence-electron chi connectivity index (χ4n) is 1.36. The summed E-state index contributed by atoms with van der Waals surface area (Å²) in [4.78, 5) is 11.5. The van der Waals surface area contributed by atoms with E-state index in [-0.39, 0.29) is 12.1 Å². The Labute approximate surface area is 96.1 Å². The van der Waals surface area contributed by atoms with Gasteiger partial charge in [0, 0.05) is 6.07 Å². The highest BCUT2D eigenvalue weighted by Crippen LogP contribution is 2.15. The first-order valence-electron chi connectivity index (χ1n) is 4.92. The third-order valence-electron chi connectivity index (χ3n) is 2.12. The summed E-state index contributed by atoms with van der Waals surface area (Å²) in [7, 11) is 0. The molecule has 0 fully saturated rings. The van der Waals surface area contributed by atoms with Crippen LogP contribution < -0.4 is 5.32 Å². The number of hydrogen-bond acceptors (Lipinski definition) is 2. The molecule has 0 saturated heterocycles. The van der Waals surface area contributed by atoms with Crippen LogP contribution in [0.5, 0.6) is 0 Å². The summed E-state index contributed by atoms with van der Waals surface area (Å²) >= 11 is 0. The SMILES string of the molecule is O=C(Cc1ccco1)Nc1cc(F)ccc1F. The normalized spacial score (nSPS) is 10.2. The second-order valence-corrected chi connectivity index (χ2v) is 3.43. The fourth-order valence-corrected chi connectivity index (χ4v) is 1.36. The minimum atomic E-state index is -0.681. The van der Waals surface area contributed by atoms with Crippen molar-refractivity contribution < 1.29 is 18.0 Å². The highest BCUT2D eigenvalue weighted by Gasteiger charge is 2.09. The Morgan fingerprint density at radius 3 is 2.82 bits per heavy atom. The van der Waals surface area contributed by atoms with Gasteiger partial charge in [-0.25, -0.2) is 8.78 Å². The van der Waals surface area contributed by atoms with Crippen LogP contribution in [0.25, 0.3) is 0 Å². The molecule has 0 unspecified atom stereocenters. The van der Waals surface area contributed by atoms with Crippen LogP contribution in [-0.4, -0.2) is 5.91 Å². The van der Waals surface area contributed by atoms with E-state index in [0.717, 1.165) is 18.2 Å². The van der Waals surface area contributed by atoms with E-state index in [9.17, 15) is 13.6 Å². The predicted octanol–water partition coefficient (Wildman–Crippen LogP) is 2.74. The molecule has 1 aromatic carbocycles. The second kappa shape index (κ2) is 4.78. The number of halogens is 2. The van der Waals surface area contributed by atoms with Crippen molar-refractivity contribution in [3.8, 4) is 0 Å². The quantitative estimate of drug-likeness (QED) is 0.891. The Bertz CT molecular complexity index is 523. The summed E-state index contributed by atoms with van der Waals surface area (Å²) in [6.07, 6.45) is 1.41. The van der Waals surface area contributed by atoms with Crippen molar-refractivity contribution in [1.29, 1.82) is 0 Å². The minimum Gasteiger partial charge on any atom is -0.469 e. The molecular weight excluding hydrogens is 228 g/mol. The van der Waals surface area contributed by atoms with Crippen LogP contribution in [0.4, 0.5) is 14.5 Å². The standard InChI is InChI=1S/C12H9F2NO2/c13-8-3-4-10(14)11(6-8)15-12(16)7-9-2-1-5-17-9/h1-6H,7H2,(H,15,16).